The second kappa shape index (κ2) is 5.00. The third-order valence-electron chi connectivity index (χ3n) is 3.60. The number of carbonyl (C=O) groups excluding carboxylic acids is 1. The average molecular weight is 271 g/mol. The molecule has 0 atom stereocenters. The van der Waals surface area contributed by atoms with E-state index in [0.717, 1.165) is 18.2 Å². The Morgan fingerprint density at radius 1 is 1.45 bits per heavy atom. The summed E-state index contributed by atoms with van der Waals surface area (Å²) in [6, 6.07) is 7.65. The van der Waals surface area contributed by atoms with Crippen LogP contribution < -0.4 is 10.5 Å². The van der Waals surface area contributed by atoms with Gasteiger partial charge in [0.2, 0.25) is 0 Å². The number of hydrogen-bond donors (Lipinski definition) is 1. The van der Waals surface area contributed by atoms with E-state index in [1.54, 1.807) is 23.2 Å². The number of nitrogens with zero attached hydrogens (tertiary/aromatic N) is 2. The Morgan fingerprint density at radius 3 is 3.00 bits per heavy atom. The molecule has 1 aliphatic carbocycles. The summed E-state index contributed by atoms with van der Waals surface area (Å²) in [7, 11) is 1.83. The number of pyridine rings is 1. The first-order valence-corrected chi connectivity index (χ1v) is 6.68. The zero-order valence-electron chi connectivity index (χ0n) is 11.4. The molecule has 2 N–H and O–H groups in total. The highest BCUT2D eigenvalue weighted by Crippen LogP contribution is 2.29. The largest absolute Gasteiger partial charge is 0.483 e. The van der Waals surface area contributed by atoms with Crippen LogP contribution in [0.2, 0.25) is 0 Å². The van der Waals surface area contributed by atoms with Gasteiger partial charge in [0.25, 0.3) is 5.91 Å². The van der Waals surface area contributed by atoms with Crippen molar-refractivity contribution in [3.8, 4) is 5.75 Å². The summed E-state index contributed by atoms with van der Waals surface area (Å²) in [4.78, 5) is 18.0. The first kappa shape index (κ1) is 12.7. The fraction of sp³-hybridized carbons (Fsp3) is 0.333. The number of nitrogens with two attached hydrogens (primary N) is 1. The van der Waals surface area contributed by atoms with Crippen molar-refractivity contribution in [3.05, 3.63) is 30.5 Å². The molecule has 3 rings (SSSR count). The van der Waals surface area contributed by atoms with Gasteiger partial charge in [-0.3, -0.25) is 9.78 Å². The standard InChI is InChI=1S/C15H17N3O2/c1-18(10-4-5-10)14(19)9-20-13-7-6-12(16)15-11(13)3-2-8-17-15/h2-3,6-8,10H,4-5,9,16H2,1H3. The molecule has 1 heterocycles. The summed E-state index contributed by atoms with van der Waals surface area (Å²) in [6.45, 7) is 0.0426. The molecule has 0 bridgehead atoms. The summed E-state index contributed by atoms with van der Waals surface area (Å²) in [6.07, 6.45) is 3.88. The van der Waals surface area contributed by atoms with Gasteiger partial charge in [0.05, 0.1) is 11.2 Å². The highest BCUT2D eigenvalue weighted by atomic mass is 16.5. The van der Waals surface area contributed by atoms with Gasteiger partial charge in [-0.1, -0.05) is 0 Å². The van der Waals surface area contributed by atoms with Crippen LogP contribution in [0.4, 0.5) is 5.69 Å². The number of ether oxygens (including phenoxy) is 1. The van der Waals surface area contributed by atoms with Crippen LogP contribution in [0.3, 0.4) is 0 Å². The molecule has 20 heavy (non-hydrogen) atoms. The lowest BCUT2D eigenvalue weighted by Crippen LogP contribution is -2.33. The van der Waals surface area contributed by atoms with Gasteiger partial charge in [-0.2, -0.15) is 0 Å². The molecular formula is C15H17N3O2. The number of amides is 1. The van der Waals surface area contributed by atoms with E-state index in [4.69, 9.17) is 10.5 Å². The molecule has 2 aromatic rings. The molecule has 0 unspecified atom stereocenters. The number of benzene rings is 1. The number of carbonyl (C=O) groups is 1. The van der Waals surface area contributed by atoms with E-state index in [2.05, 4.69) is 4.98 Å². The SMILES string of the molecule is CN(C(=O)COc1ccc(N)c2ncccc12)C1CC1. The van der Waals surface area contributed by atoms with E-state index in [1.165, 1.54) is 0 Å². The minimum atomic E-state index is 0.00126. The lowest BCUT2D eigenvalue weighted by Gasteiger charge is -2.17. The molecule has 0 aliphatic heterocycles. The average Bonchev–Trinajstić information content (AvgIpc) is 3.30. The maximum absolute atomic E-state index is 12.0. The fourth-order valence-corrected chi connectivity index (χ4v) is 2.20. The smallest absolute Gasteiger partial charge is 0.260 e. The lowest BCUT2D eigenvalue weighted by molar-refractivity contribution is -0.132. The van der Waals surface area contributed by atoms with Crippen LogP contribution in [-0.4, -0.2) is 35.5 Å². The maximum Gasteiger partial charge on any atom is 0.260 e. The molecule has 1 aliphatic rings. The Labute approximate surface area is 117 Å². The molecule has 0 spiro atoms. The van der Waals surface area contributed by atoms with E-state index >= 15 is 0 Å². The molecule has 1 saturated carbocycles. The van der Waals surface area contributed by atoms with E-state index in [1.807, 2.05) is 19.2 Å². The second-order valence-corrected chi connectivity index (χ2v) is 5.08. The van der Waals surface area contributed by atoms with E-state index in [0.29, 0.717) is 23.0 Å². The van der Waals surface area contributed by atoms with Gasteiger partial charge in [0, 0.05) is 24.7 Å². The topological polar surface area (TPSA) is 68.5 Å². The second-order valence-electron chi connectivity index (χ2n) is 5.08. The first-order valence-electron chi connectivity index (χ1n) is 6.68. The Hall–Kier alpha value is -2.30. The van der Waals surface area contributed by atoms with Crippen LogP contribution in [-0.2, 0) is 4.79 Å². The Bertz CT molecular complexity index is 653. The number of likely N-dealkylation sites (N-methyl/N-ethyl adjacent to an activating group) is 1. The van der Waals surface area contributed by atoms with Gasteiger partial charge in [-0.05, 0) is 37.1 Å². The van der Waals surface area contributed by atoms with Gasteiger partial charge in [-0.15, -0.1) is 0 Å². The highest BCUT2D eigenvalue weighted by molar-refractivity contribution is 5.94. The predicted molar refractivity (Wildman–Crippen MR) is 77.4 cm³/mol. The monoisotopic (exact) mass is 271 g/mol. The molecular weight excluding hydrogens is 254 g/mol. The molecule has 1 aromatic heterocycles. The van der Waals surface area contributed by atoms with Gasteiger partial charge in [0.15, 0.2) is 6.61 Å². The van der Waals surface area contributed by atoms with Crippen molar-refractivity contribution >= 4 is 22.5 Å². The molecule has 1 fully saturated rings. The maximum atomic E-state index is 12.0. The molecule has 5 nitrogen and oxygen atoms in total. The van der Waals surface area contributed by atoms with Crippen LogP contribution in [0.5, 0.6) is 5.75 Å². The number of hydrogen-bond acceptors (Lipinski definition) is 4. The summed E-state index contributed by atoms with van der Waals surface area (Å²) in [5.41, 5.74) is 7.19. The van der Waals surface area contributed by atoms with E-state index in [-0.39, 0.29) is 12.5 Å². The van der Waals surface area contributed by atoms with E-state index < -0.39 is 0 Å². The Kier molecular flexibility index (Phi) is 3.18. The molecule has 0 radical (unpaired) electrons. The molecule has 5 heteroatoms. The van der Waals surface area contributed by atoms with Crippen LogP contribution >= 0.6 is 0 Å². The highest BCUT2D eigenvalue weighted by Gasteiger charge is 2.29. The van der Waals surface area contributed by atoms with Gasteiger partial charge in [-0.25, -0.2) is 0 Å². The summed E-state index contributed by atoms with van der Waals surface area (Å²) in [5.74, 6) is 0.640. The number of aromatic nitrogens is 1. The number of fused-ring (bicyclic) bond motifs is 1. The number of anilines is 1. The van der Waals surface area contributed by atoms with Gasteiger partial charge in [0.1, 0.15) is 5.75 Å². The summed E-state index contributed by atoms with van der Waals surface area (Å²) < 4.78 is 5.65. The van der Waals surface area contributed by atoms with Crippen molar-refractivity contribution in [2.75, 3.05) is 19.4 Å². The lowest BCUT2D eigenvalue weighted by atomic mass is 10.2. The third-order valence-corrected chi connectivity index (χ3v) is 3.60. The Morgan fingerprint density at radius 2 is 2.25 bits per heavy atom. The quantitative estimate of drug-likeness (QED) is 0.861. The zero-order valence-corrected chi connectivity index (χ0v) is 11.4. The third kappa shape index (κ3) is 2.39. The van der Waals surface area contributed by atoms with Crippen LogP contribution in [0.15, 0.2) is 30.5 Å². The zero-order chi connectivity index (χ0) is 14.1. The molecule has 104 valence electrons. The normalized spacial score (nSPS) is 14.2. The fourth-order valence-electron chi connectivity index (χ4n) is 2.20. The first-order chi connectivity index (χ1) is 9.66. The predicted octanol–water partition coefficient (Wildman–Crippen LogP) is 1.82. The molecule has 0 saturated heterocycles. The van der Waals surface area contributed by atoms with E-state index in [9.17, 15) is 4.79 Å². The van der Waals surface area contributed by atoms with Crippen LogP contribution in [0, 0.1) is 0 Å². The van der Waals surface area contributed by atoms with Crippen molar-refractivity contribution in [1.29, 1.82) is 0 Å². The number of nitrogen functional groups attached to an aromatic ring is 1. The van der Waals surface area contributed by atoms with Crippen molar-refractivity contribution < 1.29 is 9.53 Å². The van der Waals surface area contributed by atoms with Crippen molar-refractivity contribution in [2.45, 2.75) is 18.9 Å². The van der Waals surface area contributed by atoms with Crippen LogP contribution in [0.1, 0.15) is 12.8 Å². The minimum Gasteiger partial charge on any atom is -0.483 e. The van der Waals surface area contributed by atoms with Gasteiger partial charge >= 0.3 is 0 Å². The van der Waals surface area contributed by atoms with Crippen molar-refractivity contribution in [2.24, 2.45) is 0 Å². The molecule has 1 aromatic carbocycles. The minimum absolute atomic E-state index is 0.00126. The number of rotatable bonds is 4. The van der Waals surface area contributed by atoms with Crippen molar-refractivity contribution in [1.82, 2.24) is 9.88 Å². The van der Waals surface area contributed by atoms with Gasteiger partial charge < -0.3 is 15.4 Å². The van der Waals surface area contributed by atoms with Crippen molar-refractivity contribution in [3.63, 3.8) is 0 Å². The Balaban J connectivity index is 1.77. The molecule has 1 amide bonds. The summed E-state index contributed by atoms with van der Waals surface area (Å²) >= 11 is 0. The summed E-state index contributed by atoms with van der Waals surface area (Å²) in [5, 5.41) is 0.828. The van der Waals surface area contributed by atoms with Crippen LogP contribution in [0.25, 0.3) is 10.9 Å².